The van der Waals surface area contributed by atoms with Crippen molar-refractivity contribution in [1.82, 2.24) is 0 Å². The third-order valence-electron chi connectivity index (χ3n) is 7.01. The number of hydrogen-bond donors (Lipinski definition) is 2. The van der Waals surface area contributed by atoms with Gasteiger partial charge >= 0.3 is 0 Å². The molecule has 6 nitrogen and oxygen atoms in total. The first-order valence-corrected chi connectivity index (χ1v) is 16.8. The molecule has 0 amide bonds. The number of aliphatic hydroxyl groups is 2. The molecule has 1 fully saturated rings. The fraction of sp³-hybridized carbons (Fsp3) is 0.600. The van der Waals surface area contributed by atoms with Crippen LogP contribution in [0.2, 0.25) is 0 Å². The minimum absolute atomic E-state index is 0.0136. The number of unbranched alkanes of at least 4 members (excludes halogenated alkanes) is 5. The Morgan fingerprint density at radius 1 is 0.868 bits per heavy atom. The molecule has 0 bridgehead atoms. The smallest absolute Gasteiger partial charge is 0.181 e. The molecular weight excluding hydrogens is 503 g/mol. The van der Waals surface area contributed by atoms with Gasteiger partial charge < -0.3 is 29.2 Å². The van der Waals surface area contributed by atoms with Gasteiger partial charge in [-0.2, -0.15) is 0 Å². The molecule has 212 valence electrons. The van der Waals surface area contributed by atoms with Crippen molar-refractivity contribution in [3.8, 4) is 22.6 Å². The molecule has 2 aromatic rings. The van der Waals surface area contributed by atoms with Crippen LogP contribution in [-0.2, 0) is 15.9 Å². The summed E-state index contributed by atoms with van der Waals surface area (Å²) in [5.41, 5.74) is 2.55. The molecule has 1 saturated heterocycles. The van der Waals surface area contributed by atoms with E-state index in [9.17, 15) is 14.6 Å². The summed E-state index contributed by atoms with van der Waals surface area (Å²) in [4.78, 5) is 0. The van der Waals surface area contributed by atoms with Gasteiger partial charge in [0.2, 0.25) is 0 Å². The third kappa shape index (κ3) is 9.05. The number of hydrogen-bond acceptors (Lipinski definition) is 6. The van der Waals surface area contributed by atoms with E-state index in [-0.39, 0.29) is 24.4 Å². The van der Waals surface area contributed by atoms with Gasteiger partial charge in [0, 0.05) is 12.8 Å². The zero-order valence-corrected chi connectivity index (χ0v) is 24.3. The third-order valence-corrected chi connectivity index (χ3v) is 9.95. The van der Waals surface area contributed by atoms with Crippen LogP contribution in [0.5, 0.6) is 11.5 Å². The maximum absolute atomic E-state index is 14.8. The lowest BCUT2D eigenvalue weighted by Crippen LogP contribution is -2.61. The summed E-state index contributed by atoms with van der Waals surface area (Å²) in [6.45, 7) is 6.52. The lowest BCUT2D eigenvalue weighted by molar-refractivity contribution is -0.210. The molecule has 0 atom stereocenters. The quantitative estimate of drug-likeness (QED) is 0.200. The fourth-order valence-electron chi connectivity index (χ4n) is 4.41. The van der Waals surface area contributed by atoms with E-state index in [1.54, 1.807) is 6.07 Å². The molecule has 0 unspecified atom stereocenters. The summed E-state index contributed by atoms with van der Waals surface area (Å²) in [5.74, 6) is -0.0420. The monoisotopic (exact) mass is 548 g/mol. The summed E-state index contributed by atoms with van der Waals surface area (Å²) in [7, 11) is -2.32. The van der Waals surface area contributed by atoms with Crippen LogP contribution in [0.25, 0.3) is 11.1 Å². The van der Waals surface area contributed by atoms with Gasteiger partial charge in [0.1, 0.15) is 5.75 Å². The highest BCUT2D eigenvalue weighted by atomic mass is 28.3. The van der Waals surface area contributed by atoms with Crippen molar-refractivity contribution < 1.29 is 33.6 Å². The van der Waals surface area contributed by atoms with Crippen molar-refractivity contribution in [2.24, 2.45) is 0 Å². The first-order chi connectivity index (χ1) is 18.3. The van der Waals surface area contributed by atoms with E-state index < -0.39 is 13.9 Å². The highest BCUT2D eigenvalue weighted by Gasteiger charge is 2.43. The Bertz CT molecular complexity index is 989. The molecule has 0 saturated carbocycles. The number of rotatable bonds is 16. The molecule has 0 spiro atoms. The summed E-state index contributed by atoms with van der Waals surface area (Å²) >= 11 is 0. The van der Waals surface area contributed by atoms with Crippen LogP contribution in [0.15, 0.2) is 36.4 Å². The number of ether oxygens (including phenoxy) is 4. The SMILES string of the molecule is CCCCCCCCOc1ccc(-c2ccc(OC[Si]3(CO)COC(C)(C)OC3)c(CCCO)c2)cc1F. The molecule has 0 aromatic heterocycles. The van der Waals surface area contributed by atoms with Crippen molar-refractivity contribution in [1.29, 1.82) is 0 Å². The summed E-state index contributed by atoms with van der Waals surface area (Å²) in [5, 5.41) is 19.5. The van der Waals surface area contributed by atoms with Crippen LogP contribution in [0, 0.1) is 5.82 Å². The second kappa shape index (κ2) is 15.0. The van der Waals surface area contributed by atoms with E-state index in [0.717, 1.165) is 29.5 Å². The molecule has 8 heteroatoms. The summed E-state index contributed by atoms with van der Waals surface area (Å²) in [6, 6.07) is 10.9. The number of aliphatic hydroxyl groups excluding tert-OH is 2. The van der Waals surface area contributed by atoms with Gasteiger partial charge in [-0.05, 0) is 74.1 Å². The number of halogens is 1. The topological polar surface area (TPSA) is 77.4 Å². The van der Waals surface area contributed by atoms with Crippen LogP contribution < -0.4 is 9.47 Å². The first kappa shape index (κ1) is 30.6. The summed E-state index contributed by atoms with van der Waals surface area (Å²) in [6.07, 6.45) is 9.47. The second-order valence-corrected chi connectivity index (χ2v) is 15.0. The largest absolute Gasteiger partial charge is 0.497 e. The van der Waals surface area contributed by atoms with Crippen LogP contribution >= 0.6 is 0 Å². The zero-order chi connectivity index (χ0) is 27.4. The van der Waals surface area contributed by atoms with Crippen LogP contribution in [0.3, 0.4) is 0 Å². The lowest BCUT2D eigenvalue weighted by atomic mass is 10.00. The lowest BCUT2D eigenvalue weighted by Gasteiger charge is -2.40. The minimum Gasteiger partial charge on any atom is -0.497 e. The first-order valence-electron chi connectivity index (χ1n) is 14.0. The Hall–Kier alpha value is -1.97. The Morgan fingerprint density at radius 2 is 1.53 bits per heavy atom. The second-order valence-electron chi connectivity index (χ2n) is 10.8. The molecular formula is C30H45FO6Si. The highest BCUT2D eigenvalue weighted by Crippen LogP contribution is 2.31. The van der Waals surface area contributed by atoms with Crippen LogP contribution in [0.4, 0.5) is 4.39 Å². The predicted octanol–water partition coefficient (Wildman–Crippen LogP) is 5.92. The summed E-state index contributed by atoms with van der Waals surface area (Å²) < 4.78 is 38.4. The molecule has 2 N–H and O–H groups in total. The Balaban J connectivity index is 1.65. The molecule has 1 aliphatic rings. The maximum Gasteiger partial charge on any atom is 0.181 e. The molecule has 38 heavy (non-hydrogen) atoms. The van der Waals surface area contributed by atoms with E-state index in [4.69, 9.17) is 18.9 Å². The molecule has 1 heterocycles. The zero-order valence-electron chi connectivity index (χ0n) is 23.3. The molecule has 0 aliphatic carbocycles. The van der Waals surface area contributed by atoms with Crippen molar-refractivity contribution in [2.75, 3.05) is 38.1 Å². The van der Waals surface area contributed by atoms with Crippen molar-refractivity contribution in [2.45, 2.75) is 77.9 Å². The Morgan fingerprint density at radius 3 is 2.18 bits per heavy atom. The standard InChI is InChI=1S/C30H45FO6Si/c1-4-5-6-7-8-9-17-34-29-15-13-25(19-27(29)31)24-12-14-28(26(18-24)11-10-16-32)35-21-38(20-33)22-36-30(2,3)37-23-38/h12-15,18-19,32-33H,4-11,16-17,20-23H2,1-3H3. The maximum atomic E-state index is 14.8. The molecule has 3 rings (SSSR count). The van der Waals surface area contributed by atoms with Crippen molar-refractivity contribution >= 4 is 8.07 Å². The predicted molar refractivity (Wildman–Crippen MR) is 150 cm³/mol. The van der Waals surface area contributed by atoms with Gasteiger partial charge in [-0.15, -0.1) is 0 Å². The average Bonchev–Trinajstić information content (AvgIpc) is 2.92. The van der Waals surface area contributed by atoms with E-state index in [0.29, 0.717) is 43.9 Å². The minimum atomic E-state index is -2.32. The van der Waals surface area contributed by atoms with E-state index in [1.165, 1.54) is 31.7 Å². The average molecular weight is 549 g/mol. The number of benzene rings is 2. The van der Waals surface area contributed by atoms with Crippen LogP contribution in [0.1, 0.15) is 71.3 Å². The van der Waals surface area contributed by atoms with E-state index in [1.807, 2.05) is 38.1 Å². The van der Waals surface area contributed by atoms with Gasteiger partial charge in [-0.3, -0.25) is 0 Å². The van der Waals surface area contributed by atoms with Gasteiger partial charge in [-0.1, -0.05) is 51.2 Å². The van der Waals surface area contributed by atoms with Gasteiger partial charge in [-0.25, -0.2) is 4.39 Å². The Kier molecular flexibility index (Phi) is 12.1. The normalized spacial score (nSPS) is 16.4. The van der Waals surface area contributed by atoms with Crippen LogP contribution in [-0.4, -0.2) is 62.2 Å². The Labute approximate surface area is 228 Å². The van der Waals surface area contributed by atoms with Crippen molar-refractivity contribution in [3.63, 3.8) is 0 Å². The fourth-order valence-corrected chi connectivity index (χ4v) is 6.71. The van der Waals surface area contributed by atoms with Crippen molar-refractivity contribution in [3.05, 3.63) is 47.8 Å². The van der Waals surface area contributed by atoms with E-state index in [2.05, 4.69) is 6.92 Å². The molecule has 0 radical (unpaired) electrons. The van der Waals surface area contributed by atoms with Gasteiger partial charge in [0.15, 0.2) is 25.4 Å². The van der Waals surface area contributed by atoms with Gasteiger partial charge in [0.05, 0.1) is 25.3 Å². The molecule has 1 aliphatic heterocycles. The molecule has 2 aromatic carbocycles. The van der Waals surface area contributed by atoms with Gasteiger partial charge in [0.25, 0.3) is 0 Å². The number of aryl methyl sites for hydroxylation is 1. The van der Waals surface area contributed by atoms with E-state index >= 15 is 0 Å². The highest BCUT2D eigenvalue weighted by molar-refractivity contribution is 6.79.